The Hall–Kier alpha value is -1.10. The Labute approximate surface area is 95.6 Å². The highest BCUT2D eigenvalue weighted by atomic mass is 16.4. The van der Waals surface area contributed by atoms with Crippen molar-refractivity contribution >= 4 is 11.9 Å². The van der Waals surface area contributed by atoms with Crippen molar-refractivity contribution in [2.45, 2.75) is 26.2 Å². The summed E-state index contributed by atoms with van der Waals surface area (Å²) in [6.07, 6.45) is 1.69. The number of rotatable bonds is 5. The summed E-state index contributed by atoms with van der Waals surface area (Å²) in [6.45, 7) is 3.56. The van der Waals surface area contributed by atoms with Crippen LogP contribution in [0, 0.1) is 11.8 Å². The average Bonchev–Trinajstić information content (AvgIpc) is 2.67. The standard InChI is InChI=1S/C11H20N2O3/c1-2-9(6-12)11(16)13-4-3-8(7-13)5-10(14)15/h8-9H,2-7,12H2,1H3,(H,14,15). The fraction of sp³-hybridized carbons (Fsp3) is 0.818. The molecule has 3 N–H and O–H groups in total. The maximum absolute atomic E-state index is 11.9. The van der Waals surface area contributed by atoms with Gasteiger partial charge in [-0.2, -0.15) is 0 Å². The van der Waals surface area contributed by atoms with Crippen molar-refractivity contribution in [3.63, 3.8) is 0 Å². The number of nitrogens with two attached hydrogens (primary N) is 1. The Morgan fingerprint density at radius 3 is 2.75 bits per heavy atom. The van der Waals surface area contributed by atoms with Crippen LogP contribution in [0.5, 0.6) is 0 Å². The summed E-state index contributed by atoms with van der Waals surface area (Å²) in [5.41, 5.74) is 5.53. The number of aliphatic carboxylic acids is 1. The van der Waals surface area contributed by atoms with Crippen LogP contribution in [-0.2, 0) is 9.59 Å². The van der Waals surface area contributed by atoms with Gasteiger partial charge in [0.05, 0.1) is 5.92 Å². The van der Waals surface area contributed by atoms with Crippen LogP contribution in [0.1, 0.15) is 26.2 Å². The number of nitrogens with zero attached hydrogens (tertiary/aromatic N) is 1. The van der Waals surface area contributed by atoms with Crippen molar-refractivity contribution in [1.82, 2.24) is 4.90 Å². The summed E-state index contributed by atoms with van der Waals surface area (Å²) in [5.74, 6) is -0.705. The zero-order valence-corrected chi connectivity index (χ0v) is 9.69. The second-order valence-electron chi connectivity index (χ2n) is 4.38. The molecule has 1 saturated heterocycles. The van der Waals surface area contributed by atoms with Crippen molar-refractivity contribution in [3.8, 4) is 0 Å². The van der Waals surface area contributed by atoms with E-state index in [0.29, 0.717) is 19.6 Å². The van der Waals surface area contributed by atoms with Crippen LogP contribution in [0.25, 0.3) is 0 Å². The van der Waals surface area contributed by atoms with E-state index in [-0.39, 0.29) is 24.2 Å². The zero-order valence-electron chi connectivity index (χ0n) is 9.69. The Balaban J connectivity index is 2.46. The maximum Gasteiger partial charge on any atom is 0.303 e. The van der Waals surface area contributed by atoms with Gasteiger partial charge in [-0.1, -0.05) is 6.92 Å². The Kier molecular flexibility index (Phi) is 4.73. The van der Waals surface area contributed by atoms with Crippen LogP contribution < -0.4 is 5.73 Å². The largest absolute Gasteiger partial charge is 0.481 e. The topological polar surface area (TPSA) is 83.6 Å². The predicted molar refractivity (Wildman–Crippen MR) is 59.8 cm³/mol. The molecule has 0 aliphatic carbocycles. The van der Waals surface area contributed by atoms with Gasteiger partial charge in [-0.15, -0.1) is 0 Å². The first kappa shape index (κ1) is 13.0. The van der Waals surface area contributed by atoms with E-state index in [1.165, 1.54) is 0 Å². The molecular weight excluding hydrogens is 208 g/mol. The lowest BCUT2D eigenvalue weighted by Crippen LogP contribution is -2.37. The number of carbonyl (C=O) groups excluding carboxylic acids is 1. The molecule has 2 unspecified atom stereocenters. The fourth-order valence-electron chi connectivity index (χ4n) is 2.15. The highest BCUT2D eigenvalue weighted by molar-refractivity contribution is 5.79. The molecule has 92 valence electrons. The molecule has 0 spiro atoms. The Morgan fingerprint density at radius 1 is 1.56 bits per heavy atom. The van der Waals surface area contributed by atoms with E-state index in [2.05, 4.69) is 0 Å². The number of hydrogen-bond donors (Lipinski definition) is 2. The summed E-state index contributed by atoms with van der Waals surface area (Å²) < 4.78 is 0. The first-order valence-corrected chi connectivity index (χ1v) is 5.79. The minimum absolute atomic E-state index is 0.0814. The first-order valence-electron chi connectivity index (χ1n) is 5.79. The van der Waals surface area contributed by atoms with Crippen LogP contribution in [0.2, 0.25) is 0 Å². The molecule has 1 heterocycles. The minimum atomic E-state index is -0.787. The SMILES string of the molecule is CCC(CN)C(=O)N1CCC(CC(=O)O)C1. The lowest BCUT2D eigenvalue weighted by atomic mass is 10.0. The number of carboxylic acid groups (broad SMARTS) is 1. The molecule has 1 amide bonds. The minimum Gasteiger partial charge on any atom is -0.481 e. The second kappa shape index (κ2) is 5.84. The van der Waals surface area contributed by atoms with Gasteiger partial charge in [0.15, 0.2) is 0 Å². The van der Waals surface area contributed by atoms with Crippen LogP contribution in [0.15, 0.2) is 0 Å². The van der Waals surface area contributed by atoms with E-state index in [0.717, 1.165) is 12.8 Å². The Bertz CT molecular complexity index is 264. The highest BCUT2D eigenvalue weighted by Crippen LogP contribution is 2.21. The van der Waals surface area contributed by atoms with Gasteiger partial charge in [-0.05, 0) is 18.8 Å². The van der Waals surface area contributed by atoms with Crippen LogP contribution >= 0.6 is 0 Å². The van der Waals surface area contributed by atoms with Gasteiger partial charge < -0.3 is 15.7 Å². The maximum atomic E-state index is 11.9. The average molecular weight is 228 g/mol. The fourth-order valence-corrected chi connectivity index (χ4v) is 2.15. The molecule has 0 aromatic heterocycles. The second-order valence-corrected chi connectivity index (χ2v) is 4.38. The molecule has 1 aliphatic rings. The van der Waals surface area contributed by atoms with Gasteiger partial charge in [0, 0.05) is 26.1 Å². The van der Waals surface area contributed by atoms with Gasteiger partial charge in [0.1, 0.15) is 0 Å². The predicted octanol–water partition coefficient (Wildman–Crippen LogP) is 0.295. The van der Waals surface area contributed by atoms with Crippen molar-refractivity contribution < 1.29 is 14.7 Å². The monoisotopic (exact) mass is 228 g/mol. The summed E-state index contributed by atoms with van der Waals surface area (Å²) in [6, 6.07) is 0. The smallest absolute Gasteiger partial charge is 0.303 e. The van der Waals surface area contributed by atoms with Crippen molar-refractivity contribution in [3.05, 3.63) is 0 Å². The summed E-state index contributed by atoms with van der Waals surface area (Å²) in [5, 5.41) is 8.68. The molecule has 0 saturated carbocycles. The molecule has 0 radical (unpaired) electrons. The number of likely N-dealkylation sites (tertiary alicyclic amines) is 1. The van der Waals surface area contributed by atoms with E-state index in [9.17, 15) is 9.59 Å². The number of amides is 1. The van der Waals surface area contributed by atoms with Gasteiger partial charge in [0.2, 0.25) is 5.91 Å². The third-order valence-electron chi connectivity index (χ3n) is 3.19. The van der Waals surface area contributed by atoms with Crippen molar-refractivity contribution in [2.75, 3.05) is 19.6 Å². The molecule has 16 heavy (non-hydrogen) atoms. The lowest BCUT2D eigenvalue weighted by molar-refractivity contribution is -0.139. The van der Waals surface area contributed by atoms with E-state index in [4.69, 9.17) is 10.8 Å². The number of hydrogen-bond acceptors (Lipinski definition) is 3. The van der Waals surface area contributed by atoms with Crippen molar-refractivity contribution in [2.24, 2.45) is 17.6 Å². The first-order chi connectivity index (χ1) is 7.58. The molecule has 0 bridgehead atoms. The molecule has 1 fully saturated rings. The van der Waals surface area contributed by atoms with E-state index >= 15 is 0 Å². The molecule has 1 aliphatic heterocycles. The van der Waals surface area contributed by atoms with E-state index < -0.39 is 5.97 Å². The Morgan fingerprint density at radius 2 is 2.25 bits per heavy atom. The summed E-state index contributed by atoms with van der Waals surface area (Å²) in [7, 11) is 0. The normalized spacial score (nSPS) is 22.1. The molecule has 1 rings (SSSR count). The lowest BCUT2D eigenvalue weighted by Gasteiger charge is -2.21. The van der Waals surface area contributed by atoms with Crippen molar-refractivity contribution in [1.29, 1.82) is 0 Å². The number of carboxylic acids is 1. The van der Waals surface area contributed by atoms with Gasteiger partial charge in [-0.25, -0.2) is 0 Å². The zero-order chi connectivity index (χ0) is 12.1. The third-order valence-corrected chi connectivity index (χ3v) is 3.19. The van der Waals surface area contributed by atoms with Gasteiger partial charge >= 0.3 is 5.97 Å². The number of carbonyl (C=O) groups is 2. The molecule has 0 aromatic carbocycles. The van der Waals surface area contributed by atoms with Gasteiger partial charge in [-0.3, -0.25) is 9.59 Å². The summed E-state index contributed by atoms with van der Waals surface area (Å²) >= 11 is 0. The van der Waals surface area contributed by atoms with Crippen LogP contribution in [0.4, 0.5) is 0 Å². The quantitative estimate of drug-likeness (QED) is 0.708. The van der Waals surface area contributed by atoms with Crippen LogP contribution in [0.3, 0.4) is 0 Å². The molecule has 0 aromatic rings. The van der Waals surface area contributed by atoms with Crippen LogP contribution in [-0.4, -0.2) is 41.5 Å². The van der Waals surface area contributed by atoms with E-state index in [1.54, 1.807) is 4.90 Å². The third kappa shape index (κ3) is 3.20. The molecular formula is C11H20N2O3. The highest BCUT2D eigenvalue weighted by Gasteiger charge is 2.30. The van der Waals surface area contributed by atoms with E-state index in [1.807, 2.05) is 6.92 Å². The molecule has 5 nitrogen and oxygen atoms in total. The molecule has 2 atom stereocenters. The van der Waals surface area contributed by atoms with Gasteiger partial charge in [0.25, 0.3) is 0 Å². The molecule has 5 heteroatoms. The summed E-state index contributed by atoms with van der Waals surface area (Å²) in [4.78, 5) is 24.3.